The maximum absolute atomic E-state index is 4.71. The lowest BCUT2D eigenvalue weighted by Crippen LogP contribution is -2.39. The average molecular weight is 288 g/mol. The molecule has 0 bridgehead atoms. The number of thiazole rings is 1. The maximum atomic E-state index is 4.71. The number of fused-ring (bicyclic) bond motifs is 1. The van der Waals surface area contributed by atoms with Crippen LogP contribution >= 0.6 is 11.3 Å². The van der Waals surface area contributed by atoms with Crippen LogP contribution in [0.2, 0.25) is 0 Å². The predicted molar refractivity (Wildman–Crippen MR) is 87.0 cm³/mol. The zero-order valence-corrected chi connectivity index (χ0v) is 13.5. The first-order valence-electron chi connectivity index (χ1n) is 7.60. The quantitative estimate of drug-likeness (QED) is 0.892. The van der Waals surface area contributed by atoms with Crippen LogP contribution in [0.5, 0.6) is 0 Å². The van der Waals surface area contributed by atoms with Crippen LogP contribution in [-0.4, -0.2) is 11.0 Å². The van der Waals surface area contributed by atoms with Crippen molar-refractivity contribution in [3.63, 3.8) is 0 Å². The Balaban J connectivity index is 1.64. The topological polar surface area (TPSA) is 24.9 Å². The summed E-state index contributed by atoms with van der Waals surface area (Å²) in [7, 11) is 0. The first kappa shape index (κ1) is 14.0. The van der Waals surface area contributed by atoms with E-state index in [-0.39, 0.29) is 0 Å². The molecule has 1 aromatic heterocycles. The molecule has 3 rings (SSSR count). The molecule has 1 aliphatic carbocycles. The van der Waals surface area contributed by atoms with Crippen LogP contribution in [0.25, 0.3) is 10.2 Å². The molecular weight excluding hydrogens is 264 g/mol. The summed E-state index contributed by atoms with van der Waals surface area (Å²) in [5.41, 5.74) is 1.61. The first-order chi connectivity index (χ1) is 9.52. The number of para-hydroxylation sites is 1. The molecule has 0 saturated heterocycles. The number of hydrogen-bond donors (Lipinski definition) is 1. The normalized spacial score (nSPS) is 25.9. The van der Waals surface area contributed by atoms with Crippen molar-refractivity contribution in [1.82, 2.24) is 10.3 Å². The Kier molecular flexibility index (Phi) is 3.83. The van der Waals surface area contributed by atoms with Crippen molar-refractivity contribution >= 4 is 21.6 Å². The van der Waals surface area contributed by atoms with E-state index in [1.807, 2.05) is 11.3 Å². The van der Waals surface area contributed by atoms with Gasteiger partial charge < -0.3 is 5.32 Å². The SMILES string of the molecule is CC1CC(NCc2nc3ccccc3s2)CC(C)(C)C1. The summed E-state index contributed by atoms with van der Waals surface area (Å²) in [5.74, 6) is 0.826. The van der Waals surface area contributed by atoms with Gasteiger partial charge in [-0.25, -0.2) is 4.98 Å². The summed E-state index contributed by atoms with van der Waals surface area (Å²) in [5, 5.41) is 4.94. The smallest absolute Gasteiger partial charge is 0.108 e. The predicted octanol–water partition coefficient (Wildman–Crippen LogP) is 4.60. The van der Waals surface area contributed by atoms with Gasteiger partial charge in [0.05, 0.1) is 10.2 Å². The van der Waals surface area contributed by atoms with Crippen molar-refractivity contribution in [2.24, 2.45) is 11.3 Å². The first-order valence-corrected chi connectivity index (χ1v) is 8.41. The van der Waals surface area contributed by atoms with Gasteiger partial charge in [0.15, 0.2) is 0 Å². The Morgan fingerprint density at radius 2 is 2.10 bits per heavy atom. The van der Waals surface area contributed by atoms with Gasteiger partial charge in [0, 0.05) is 12.6 Å². The number of nitrogens with zero attached hydrogens (tertiary/aromatic N) is 1. The molecule has 2 atom stereocenters. The molecule has 0 radical (unpaired) electrons. The Bertz CT molecular complexity index is 554. The zero-order chi connectivity index (χ0) is 14.2. The van der Waals surface area contributed by atoms with Gasteiger partial charge in [-0.3, -0.25) is 0 Å². The van der Waals surface area contributed by atoms with Crippen LogP contribution in [0.3, 0.4) is 0 Å². The van der Waals surface area contributed by atoms with E-state index in [0.29, 0.717) is 11.5 Å². The number of benzene rings is 1. The minimum Gasteiger partial charge on any atom is -0.308 e. The second-order valence-electron chi connectivity index (χ2n) is 7.07. The third-order valence-electron chi connectivity index (χ3n) is 4.27. The molecule has 1 aromatic carbocycles. The van der Waals surface area contributed by atoms with Crippen molar-refractivity contribution in [3.8, 4) is 0 Å². The molecule has 3 heteroatoms. The van der Waals surface area contributed by atoms with E-state index in [1.165, 1.54) is 29.0 Å². The Morgan fingerprint density at radius 1 is 1.30 bits per heavy atom. The van der Waals surface area contributed by atoms with Crippen LogP contribution in [0.1, 0.15) is 45.0 Å². The third kappa shape index (κ3) is 3.21. The van der Waals surface area contributed by atoms with Crippen LogP contribution in [0.4, 0.5) is 0 Å². The van der Waals surface area contributed by atoms with Crippen LogP contribution in [0.15, 0.2) is 24.3 Å². The second-order valence-corrected chi connectivity index (χ2v) is 8.18. The largest absolute Gasteiger partial charge is 0.308 e. The average Bonchev–Trinajstić information content (AvgIpc) is 2.76. The van der Waals surface area contributed by atoms with E-state index in [1.54, 1.807) is 0 Å². The van der Waals surface area contributed by atoms with Gasteiger partial charge in [0.2, 0.25) is 0 Å². The van der Waals surface area contributed by atoms with Gasteiger partial charge in [-0.2, -0.15) is 0 Å². The van der Waals surface area contributed by atoms with Gasteiger partial charge in [-0.1, -0.05) is 32.9 Å². The van der Waals surface area contributed by atoms with Gasteiger partial charge in [-0.05, 0) is 42.7 Å². The van der Waals surface area contributed by atoms with E-state index in [2.05, 4.69) is 50.4 Å². The molecule has 1 fully saturated rings. The minimum absolute atomic E-state index is 0.475. The fraction of sp³-hybridized carbons (Fsp3) is 0.588. The second kappa shape index (κ2) is 5.45. The fourth-order valence-electron chi connectivity index (χ4n) is 3.73. The highest BCUT2D eigenvalue weighted by molar-refractivity contribution is 7.18. The molecule has 108 valence electrons. The lowest BCUT2D eigenvalue weighted by atomic mass is 9.70. The molecule has 1 saturated carbocycles. The summed E-state index contributed by atoms with van der Waals surface area (Å²) in [6.45, 7) is 8.09. The summed E-state index contributed by atoms with van der Waals surface area (Å²) >= 11 is 1.81. The highest BCUT2D eigenvalue weighted by Gasteiger charge is 2.31. The molecule has 0 amide bonds. The highest BCUT2D eigenvalue weighted by Crippen LogP contribution is 2.38. The third-order valence-corrected chi connectivity index (χ3v) is 5.30. The molecule has 2 aromatic rings. The van der Waals surface area contributed by atoms with Crippen LogP contribution in [0, 0.1) is 11.3 Å². The fourth-order valence-corrected chi connectivity index (χ4v) is 4.65. The van der Waals surface area contributed by atoms with Crippen LogP contribution < -0.4 is 5.32 Å². The number of aromatic nitrogens is 1. The Labute approximate surface area is 125 Å². The van der Waals surface area contributed by atoms with E-state index < -0.39 is 0 Å². The molecule has 20 heavy (non-hydrogen) atoms. The highest BCUT2D eigenvalue weighted by atomic mass is 32.1. The molecule has 0 spiro atoms. The Hall–Kier alpha value is -0.930. The lowest BCUT2D eigenvalue weighted by Gasteiger charge is -2.39. The van der Waals surface area contributed by atoms with Gasteiger partial charge >= 0.3 is 0 Å². The van der Waals surface area contributed by atoms with Crippen LogP contribution in [-0.2, 0) is 6.54 Å². The van der Waals surface area contributed by atoms with E-state index >= 15 is 0 Å². The summed E-state index contributed by atoms with van der Waals surface area (Å²) in [6, 6.07) is 9.04. The monoisotopic (exact) mass is 288 g/mol. The lowest BCUT2D eigenvalue weighted by molar-refractivity contribution is 0.151. The molecule has 0 aliphatic heterocycles. The van der Waals surface area contributed by atoms with E-state index in [0.717, 1.165) is 18.0 Å². The summed E-state index contributed by atoms with van der Waals surface area (Å²) in [6.07, 6.45) is 3.93. The molecule has 1 aliphatic rings. The van der Waals surface area contributed by atoms with Gasteiger partial charge in [0.25, 0.3) is 0 Å². The molecule has 1 N–H and O–H groups in total. The van der Waals surface area contributed by atoms with E-state index in [9.17, 15) is 0 Å². The minimum atomic E-state index is 0.475. The number of rotatable bonds is 3. The zero-order valence-electron chi connectivity index (χ0n) is 12.6. The van der Waals surface area contributed by atoms with Gasteiger partial charge in [0.1, 0.15) is 5.01 Å². The standard InChI is InChI=1S/C17H24N2S/c1-12-8-13(10-17(2,3)9-12)18-11-16-19-14-6-4-5-7-15(14)20-16/h4-7,12-13,18H,8-11H2,1-3H3. The maximum Gasteiger partial charge on any atom is 0.108 e. The summed E-state index contributed by atoms with van der Waals surface area (Å²) < 4.78 is 1.29. The van der Waals surface area contributed by atoms with E-state index in [4.69, 9.17) is 4.98 Å². The molecule has 2 unspecified atom stereocenters. The Morgan fingerprint density at radius 3 is 2.85 bits per heavy atom. The number of nitrogens with one attached hydrogen (secondary N) is 1. The molecule has 2 nitrogen and oxygen atoms in total. The van der Waals surface area contributed by atoms with Crippen molar-refractivity contribution in [2.75, 3.05) is 0 Å². The number of hydrogen-bond acceptors (Lipinski definition) is 3. The van der Waals surface area contributed by atoms with Crippen molar-refractivity contribution < 1.29 is 0 Å². The van der Waals surface area contributed by atoms with Crippen molar-refractivity contribution in [2.45, 2.75) is 52.6 Å². The van der Waals surface area contributed by atoms with Gasteiger partial charge in [-0.15, -0.1) is 11.3 Å². The molecule has 1 heterocycles. The molecular formula is C17H24N2S. The van der Waals surface area contributed by atoms with Crippen molar-refractivity contribution in [3.05, 3.63) is 29.3 Å². The van der Waals surface area contributed by atoms with Crippen molar-refractivity contribution in [1.29, 1.82) is 0 Å². The summed E-state index contributed by atoms with van der Waals surface area (Å²) in [4.78, 5) is 4.71.